The zero-order chi connectivity index (χ0) is 15.0. The first-order chi connectivity index (χ1) is 10.1. The Morgan fingerprint density at radius 2 is 1.86 bits per heavy atom. The minimum Gasteiger partial charge on any atom is -0.326 e. The molecule has 1 aliphatic rings. The van der Waals surface area contributed by atoms with Crippen molar-refractivity contribution in [2.45, 2.75) is 51.6 Å². The summed E-state index contributed by atoms with van der Waals surface area (Å²) in [5.74, 6) is 0.792. The maximum absolute atomic E-state index is 13.2. The van der Waals surface area contributed by atoms with Gasteiger partial charge in [0, 0.05) is 11.7 Å². The highest BCUT2D eigenvalue weighted by molar-refractivity contribution is 5.28. The van der Waals surface area contributed by atoms with E-state index in [0.29, 0.717) is 0 Å². The van der Waals surface area contributed by atoms with Crippen molar-refractivity contribution in [2.75, 3.05) is 0 Å². The van der Waals surface area contributed by atoms with Crippen molar-refractivity contribution in [2.24, 2.45) is 5.73 Å². The molecule has 0 radical (unpaired) electrons. The second-order valence-electron chi connectivity index (χ2n) is 5.99. The summed E-state index contributed by atoms with van der Waals surface area (Å²) in [6.45, 7) is 4.04. The highest BCUT2D eigenvalue weighted by Gasteiger charge is 2.26. The third kappa shape index (κ3) is 2.60. The fourth-order valence-electron chi connectivity index (χ4n) is 3.41. The average molecular weight is 287 g/mol. The molecule has 0 aliphatic heterocycles. The molecule has 3 nitrogen and oxygen atoms in total. The summed E-state index contributed by atoms with van der Waals surface area (Å²) in [4.78, 5) is 4.73. The highest BCUT2D eigenvalue weighted by atomic mass is 19.1. The summed E-state index contributed by atoms with van der Waals surface area (Å²) in [5.41, 5.74) is 9.82. The number of nitrogens with zero attached hydrogens (tertiary/aromatic N) is 2. The molecule has 2 atom stereocenters. The number of aryl methyl sites for hydroxylation is 2. The van der Waals surface area contributed by atoms with E-state index in [0.717, 1.165) is 24.2 Å². The van der Waals surface area contributed by atoms with Crippen LogP contribution in [0.4, 0.5) is 4.39 Å². The van der Waals surface area contributed by atoms with Gasteiger partial charge in [-0.2, -0.15) is 0 Å². The van der Waals surface area contributed by atoms with Gasteiger partial charge in [-0.15, -0.1) is 0 Å². The molecule has 112 valence electrons. The van der Waals surface area contributed by atoms with Gasteiger partial charge in [0.2, 0.25) is 0 Å². The normalized spacial score (nSPS) is 17.3. The third-order valence-electron chi connectivity index (χ3n) is 4.33. The number of hydrogen-bond acceptors (Lipinski definition) is 2. The number of imidazole rings is 1. The molecule has 2 aromatic rings. The van der Waals surface area contributed by atoms with Gasteiger partial charge in [-0.3, -0.25) is 0 Å². The van der Waals surface area contributed by atoms with Crippen LogP contribution in [-0.4, -0.2) is 15.6 Å². The Hall–Kier alpha value is -1.68. The van der Waals surface area contributed by atoms with Crippen molar-refractivity contribution >= 4 is 0 Å². The molecular weight excluding hydrogens is 265 g/mol. The van der Waals surface area contributed by atoms with Crippen molar-refractivity contribution in [3.8, 4) is 0 Å². The lowest BCUT2D eigenvalue weighted by Gasteiger charge is -2.27. The monoisotopic (exact) mass is 287 g/mol. The summed E-state index contributed by atoms with van der Waals surface area (Å²) >= 11 is 0. The molecule has 0 amide bonds. The first-order valence-corrected chi connectivity index (χ1v) is 7.65. The Balaban J connectivity index is 2.10. The van der Waals surface area contributed by atoms with Crippen molar-refractivity contribution in [3.05, 3.63) is 52.9 Å². The molecule has 2 N–H and O–H groups in total. The molecule has 1 aromatic heterocycles. The topological polar surface area (TPSA) is 43.8 Å². The Morgan fingerprint density at radius 1 is 1.19 bits per heavy atom. The summed E-state index contributed by atoms with van der Waals surface area (Å²) in [5, 5.41) is 0. The second-order valence-corrected chi connectivity index (χ2v) is 5.99. The molecule has 1 aliphatic carbocycles. The molecular formula is C17H22FN3. The van der Waals surface area contributed by atoms with Gasteiger partial charge in [0.25, 0.3) is 0 Å². The molecule has 0 spiro atoms. The smallest absolute Gasteiger partial charge is 0.123 e. The van der Waals surface area contributed by atoms with Crippen LogP contribution in [0.1, 0.15) is 48.6 Å². The van der Waals surface area contributed by atoms with E-state index in [1.54, 1.807) is 0 Å². The number of nitrogens with two attached hydrogens (primary N) is 1. The van der Waals surface area contributed by atoms with E-state index in [2.05, 4.69) is 4.57 Å². The molecule has 3 rings (SSSR count). The van der Waals surface area contributed by atoms with Crippen LogP contribution in [0.25, 0.3) is 0 Å². The molecule has 1 aromatic carbocycles. The average Bonchev–Trinajstić information content (AvgIpc) is 2.78. The van der Waals surface area contributed by atoms with Crippen molar-refractivity contribution < 1.29 is 4.39 Å². The van der Waals surface area contributed by atoms with Crippen LogP contribution < -0.4 is 5.73 Å². The zero-order valence-corrected chi connectivity index (χ0v) is 12.6. The first-order valence-electron chi connectivity index (χ1n) is 7.65. The summed E-state index contributed by atoms with van der Waals surface area (Å²) in [6.07, 6.45) is 4.52. The lowest BCUT2D eigenvalue weighted by Crippen LogP contribution is -2.32. The zero-order valence-electron chi connectivity index (χ0n) is 12.6. The fourth-order valence-corrected chi connectivity index (χ4v) is 3.41. The van der Waals surface area contributed by atoms with E-state index in [1.807, 2.05) is 26.0 Å². The Labute approximate surface area is 125 Å². The van der Waals surface area contributed by atoms with Crippen LogP contribution in [0.5, 0.6) is 0 Å². The molecule has 0 saturated carbocycles. The maximum atomic E-state index is 13.2. The van der Waals surface area contributed by atoms with E-state index in [-0.39, 0.29) is 17.9 Å². The van der Waals surface area contributed by atoms with Crippen LogP contribution in [0.15, 0.2) is 24.3 Å². The van der Waals surface area contributed by atoms with Gasteiger partial charge in [0.05, 0.1) is 11.7 Å². The van der Waals surface area contributed by atoms with Gasteiger partial charge in [-0.25, -0.2) is 9.37 Å². The molecule has 1 heterocycles. The molecule has 4 heteroatoms. The lowest BCUT2D eigenvalue weighted by molar-refractivity contribution is 0.464. The number of fused-ring (bicyclic) bond motifs is 1. The van der Waals surface area contributed by atoms with Crippen molar-refractivity contribution in [3.63, 3.8) is 0 Å². The van der Waals surface area contributed by atoms with E-state index in [9.17, 15) is 4.39 Å². The summed E-state index contributed by atoms with van der Waals surface area (Å²) < 4.78 is 15.5. The van der Waals surface area contributed by atoms with Gasteiger partial charge in [-0.1, -0.05) is 12.1 Å². The van der Waals surface area contributed by atoms with Gasteiger partial charge < -0.3 is 10.3 Å². The quantitative estimate of drug-likeness (QED) is 0.942. The minimum absolute atomic E-state index is 0.0138. The Kier molecular flexibility index (Phi) is 3.81. The van der Waals surface area contributed by atoms with Gasteiger partial charge in [0.1, 0.15) is 11.6 Å². The molecule has 0 fully saturated rings. The van der Waals surface area contributed by atoms with Crippen LogP contribution in [0, 0.1) is 12.7 Å². The third-order valence-corrected chi connectivity index (χ3v) is 4.33. The van der Waals surface area contributed by atoms with Gasteiger partial charge >= 0.3 is 0 Å². The number of aromatic nitrogens is 2. The van der Waals surface area contributed by atoms with E-state index >= 15 is 0 Å². The SMILES string of the molecule is Cc1nc2c(n1C(c1ccc(F)cc1)C(C)N)CCCC2. The van der Waals surface area contributed by atoms with Crippen molar-refractivity contribution in [1.82, 2.24) is 9.55 Å². The molecule has 0 saturated heterocycles. The number of rotatable bonds is 3. The standard InChI is InChI=1S/C17H22FN3/c1-11(19)17(13-7-9-14(18)10-8-13)21-12(2)20-15-5-3-4-6-16(15)21/h7-11,17H,3-6,19H2,1-2H3. The van der Waals surface area contributed by atoms with Gasteiger partial charge in [0.15, 0.2) is 0 Å². The van der Waals surface area contributed by atoms with E-state index < -0.39 is 0 Å². The van der Waals surface area contributed by atoms with Crippen LogP contribution in [-0.2, 0) is 12.8 Å². The fraction of sp³-hybridized carbons (Fsp3) is 0.471. The predicted octanol–water partition coefficient (Wildman–Crippen LogP) is 3.15. The number of halogens is 1. The summed E-state index contributed by atoms with van der Waals surface area (Å²) in [7, 11) is 0. The summed E-state index contributed by atoms with van der Waals surface area (Å²) in [6, 6.07) is 6.62. The molecule has 21 heavy (non-hydrogen) atoms. The van der Waals surface area contributed by atoms with Crippen LogP contribution in [0.3, 0.4) is 0 Å². The Morgan fingerprint density at radius 3 is 2.52 bits per heavy atom. The van der Waals surface area contributed by atoms with E-state index in [4.69, 9.17) is 10.7 Å². The predicted molar refractivity (Wildman–Crippen MR) is 81.8 cm³/mol. The number of benzene rings is 1. The number of hydrogen-bond donors (Lipinski definition) is 1. The molecule has 2 unspecified atom stereocenters. The van der Waals surface area contributed by atoms with Gasteiger partial charge in [-0.05, 0) is 57.2 Å². The Bertz CT molecular complexity index is 628. The first kappa shape index (κ1) is 14.3. The maximum Gasteiger partial charge on any atom is 0.123 e. The van der Waals surface area contributed by atoms with Crippen LogP contribution in [0.2, 0.25) is 0 Å². The van der Waals surface area contributed by atoms with Crippen molar-refractivity contribution in [1.29, 1.82) is 0 Å². The highest BCUT2D eigenvalue weighted by Crippen LogP contribution is 2.30. The van der Waals surface area contributed by atoms with Crippen LogP contribution >= 0.6 is 0 Å². The molecule has 0 bridgehead atoms. The second kappa shape index (κ2) is 5.60. The largest absolute Gasteiger partial charge is 0.326 e. The van der Waals surface area contributed by atoms with E-state index in [1.165, 1.54) is 36.4 Å². The minimum atomic E-state index is -0.216. The lowest BCUT2D eigenvalue weighted by atomic mass is 9.97.